The van der Waals surface area contributed by atoms with E-state index >= 15 is 0 Å². The summed E-state index contributed by atoms with van der Waals surface area (Å²) in [4.78, 5) is 4.04. The number of ether oxygens (including phenoxy) is 2. The van der Waals surface area contributed by atoms with E-state index in [-0.39, 0.29) is 6.29 Å². The molecule has 1 saturated heterocycles. The van der Waals surface area contributed by atoms with Crippen LogP contribution in [0.15, 0.2) is 30.9 Å². The van der Waals surface area contributed by atoms with Gasteiger partial charge in [-0.15, -0.1) is 0 Å². The maximum atomic E-state index is 6.53. The molecule has 1 aromatic carbocycles. The topological polar surface area (TPSA) is 49.2 Å². The molecule has 0 saturated carbocycles. The molecule has 1 aromatic heterocycles. The first-order chi connectivity index (χ1) is 11.2. The van der Waals surface area contributed by atoms with Crippen molar-refractivity contribution in [2.24, 2.45) is 0 Å². The highest BCUT2D eigenvalue weighted by atomic mass is 35.5. The van der Waals surface area contributed by atoms with Gasteiger partial charge in [-0.2, -0.15) is 5.10 Å². The van der Waals surface area contributed by atoms with Crippen LogP contribution in [-0.4, -0.2) is 34.3 Å². The highest BCUT2D eigenvalue weighted by Gasteiger charge is 2.45. The zero-order valence-corrected chi connectivity index (χ0v) is 14.4. The van der Waals surface area contributed by atoms with Crippen LogP contribution in [0, 0.1) is 0 Å². The lowest BCUT2D eigenvalue weighted by atomic mass is 9.75. The third-order valence-corrected chi connectivity index (χ3v) is 4.70. The lowest BCUT2D eigenvalue weighted by Crippen LogP contribution is -2.44. The van der Waals surface area contributed by atoms with Gasteiger partial charge in [-0.05, 0) is 24.1 Å². The van der Waals surface area contributed by atoms with Crippen LogP contribution in [0.4, 0.5) is 0 Å². The molecule has 124 valence electrons. The maximum absolute atomic E-state index is 6.53. The number of benzene rings is 1. The van der Waals surface area contributed by atoms with Gasteiger partial charge in [0, 0.05) is 10.0 Å². The Hall–Kier alpha value is -1.14. The first kappa shape index (κ1) is 16.7. The molecule has 0 bridgehead atoms. The fourth-order valence-corrected chi connectivity index (χ4v) is 3.84. The molecule has 7 heteroatoms. The summed E-state index contributed by atoms with van der Waals surface area (Å²) in [7, 11) is 0. The van der Waals surface area contributed by atoms with Crippen molar-refractivity contribution >= 4 is 23.2 Å². The summed E-state index contributed by atoms with van der Waals surface area (Å²) >= 11 is 12.6. The van der Waals surface area contributed by atoms with E-state index in [0.29, 0.717) is 29.8 Å². The number of hydrogen-bond donors (Lipinski definition) is 0. The second kappa shape index (κ2) is 7.18. The molecule has 1 atom stereocenters. The minimum absolute atomic E-state index is 0.370. The van der Waals surface area contributed by atoms with Gasteiger partial charge in [-0.3, -0.25) is 4.68 Å². The number of hydrogen-bond acceptors (Lipinski definition) is 4. The van der Waals surface area contributed by atoms with Crippen LogP contribution < -0.4 is 0 Å². The van der Waals surface area contributed by atoms with Crippen molar-refractivity contribution in [3.05, 3.63) is 46.5 Å². The molecule has 23 heavy (non-hydrogen) atoms. The number of nitrogens with zero attached hydrogens (tertiary/aromatic N) is 3. The van der Waals surface area contributed by atoms with E-state index in [0.717, 1.165) is 18.4 Å². The second-order valence-electron chi connectivity index (χ2n) is 5.70. The van der Waals surface area contributed by atoms with Crippen LogP contribution in [0.5, 0.6) is 0 Å². The third kappa shape index (κ3) is 3.38. The predicted octanol–water partition coefficient (Wildman–Crippen LogP) is 3.70. The zero-order valence-electron chi connectivity index (χ0n) is 12.9. The molecule has 0 N–H and O–H groups in total. The minimum atomic E-state index is -0.444. The molecular weight excluding hydrogens is 337 g/mol. The molecule has 1 aliphatic rings. The zero-order chi connectivity index (χ0) is 16.3. The van der Waals surface area contributed by atoms with E-state index < -0.39 is 5.41 Å². The second-order valence-corrected chi connectivity index (χ2v) is 6.54. The quantitative estimate of drug-likeness (QED) is 0.792. The van der Waals surface area contributed by atoms with Crippen molar-refractivity contribution in [2.45, 2.75) is 38.0 Å². The summed E-state index contributed by atoms with van der Waals surface area (Å²) in [6.45, 7) is 3.87. The standard InChI is InChI=1S/C16H19Cl2N3O2/c1-2-5-16(15-22-6-7-23-15,9-21-11-19-10-20-21)13-4-3-12(17)8-14(13)18/h3-4,8,10-11,15H,2,5-7,9H2,1H3. The average Bonchev–Trinajstić information content (AvgIpc) is 3.20. The Morgan fingerprint density at radius 1 is 1.30 bits per heavy atom. The van der Waals surface area contributed by atoms with Gasteiger partial charge in [0.25, 0.3) is 0 Å². The van der Waals surface area contributed by atoms with Gasteiger partial charge in [-0.25, -0.2) is 4.98 Å². The Kier molecular flexibility index (Phi) is 5.21. The fourth-order valence-electron chi connectivity index (χ4n) is 3.24. The minimum Gasteiger partial charge on any atom is -0.349 e. The molecule has 5 nitrogen and oxygen atoms in total. The lowest BCUT2D eigenvalue weighted by Gasteiger charge is -2.38. The van der Waals surface area contributed by atoms with Gasteiger partial charge in [0.2, 0.25) is 0 Å². The van der Waals surface area contributed by atoms with E-state index in [2.05, 4.69) is 17.0 Å². The van der Waals surface area contributed by atoms with Gasteiger partial charge < -0.3 is 9.47 Å². The molecule has 1 aliphatic heterocycles. The summed E-state index contributed by atoms with van der Waals surface area (Å²) in [5.41, 5.74) is 0.522. The molecular formula is C16H19Cl2N3O2. The van der Waals surface area contributed by atoms with Crippen LogP contribution in [0.25, 0.3) is 0 Å². The average molecular weight is 356 g/mol. The summed E-state index contributed by atoms with van der Waals surface area (Å²) in [5.74, 6) is 0. The first-order valence-corrected chi connectivity index (χ1v) is 8.42. The molecule has 0 spiro atoms. The maximum Gasteiger partial charge on any atom is 0.169 e. The van der Waals surface area contributed by atoms with Crippen LogP contribution in [0.3, 0.4) is 0 Å². The van der Waals surface area contributed by atoms with Crippen molar-refractivity contribution < 1.29 is 9.47 Å². The molecule has 3 rings (SSSR count). The molecule has 0 radical (unpaired) electrons. The van der Waals surface area contributed by atoms with Gasteiger partial charge in [0.1, 0.15) is 12.7 Å². The van der Waals surface area contributed by atoms with E-state index in [1.54, 1.807) is 17.1 Å². The molecule has 2 aromatic rings. The van der Waals surface area contributed by atoms with Crippen molar-refractivity contribution in [2.75, 3.05) is 13.2 Å². The Balaban J connectivity index is 2.09. The predicted molar refractivity (Wildman–Crippen MR) is 88.8 cm³/mol. The van der Waals surface area contributed by atoms with Crippen molar-refractivity contribution in [1.29, 1.82) is 0 Å². The Bertz CT molecular complexity index is 645. The molecule has 1 unspecified atom stereocenters. The van der Waals surface area contributed by atoms with E-state index in [1.807, 2.05) is 12.1 Å². The summed E-state index contributed by atoms with van der Waals surface area (Å²) in [6, 6.07) is 5.57. The largest absolute Gasteiger partial charge is 0.349 e. The SMILES string of the molecule is CCCC(Cn1cncn1)(c1ccc(Cl)cc1Cl)C1OCCO1. The number of aromatic nitrogens is 3. The molecule has 0 aliphatic carbocycles. The molecule has 0 amide bonds. The summed E-state index contributed by atoms with van der Waals surface area (Å²) in [6.07, 6.45) is 4.65. The lowest BCUT2D eigenvalue weighted by molar-refractivity contribution is -0.109. The van der Waals surface area contributed by atoms with Crippen LogP contribution >= 0.6 is 23.2 Å². The smallest absolute Gasteiger partial charge is 0.169 e. The molecule has 2 heterocycles. The van der Waals surface area contributed by atoms with Crippen LogP contribution in [-0.2, 0) is 21.4 Å². The normalized spacial score (nSPS) is 18.2. The fraction of sp³-hybridized carbons (Fsp3) is 0.500. The van der Waals surface area contributed by atoms with E-state index in [4.69, 9.17) is 32.7 Å². The third-order valence-electron chi connectivity index (χ3n) is 4.15. The Morgan fingerprint density at radius 2 is 2.09 bits per heavy atom. The van der Waals surface area contributed by atoms with Gasteiger partial charge in [-0.1, -0.05) is 42.6 Å². The van der Waals surface area contributed by atoms with Gasteiger partial charge >= 0.3 is 0 Å². The van der Waals surface area contributed by atoms with Crippen molar-refractivity contribution in [3.63, 3.8) is 0 Å². The molecule has 1 fully saturated rings. The summed E-state index contributed by atoms with van der Waals surface area (Å²) in [5, 5.41) is 5.48. The highest BCUT2D eigenvalue weighted by molar-refractivity contribution is 6.35. The van der Waals surface area contributed by atoms with E-state index in [9.17, 15) is 0 Å². The monoisotopic (exact) mass is 355 g/mol. The van der Waals surface area contributed by atoms with Crippen LogP contribution in [0.1, 0.15) is 25.3 Å². The van der Waals surface area contributed by atoms with Crippen molar-refractivity contribution in [1.82, 2.24) is 14.8 Å². The van der Waals surface area contributed by atoms with Gasteiger partial charge in [0.05, 0.1) is 25.2 Å². The Labute approximate surface area is 145 Å². The van der Waals surface area contributed by atoms with E-state index in [1.165, 1.54) is 6.33 Å². The van der Waals surface area contributed by atoms with Crippen molar-refractivity contribution in [3.8, 4) is 0 Å². The Morgan fingerprint density at radius 3 is 2.70 bits per heavy atom. The number of halogens is 2. The number of rotatable bonds is 6. The first-order valence-electron chi connectivity index (χ1n) is 7.67. The van der Waals surface area contributed by atoms with Crippen LogP contribution in [0.2, 0.25) is 10.0 Å². The highest BCUT2D eigenvalue weighted by Crippen LogP contribution is 2.42. The van der Waals surface area contributed by atoms with Gasteiger partial charge in [0.15, 0.2) is 6.29 Å². The summed E-state index contributed by atoms with van der Waals surface area (Å²) < 4.78 is 13.6.